The summed E-state index contributed by atoms with van der Waals surface area (Å²) in [5.41, 5.74) is 9.45. The van der Waals surface area contributed by atoms with Gasteiger partial charge in [-0.15, -0.1) is 0 Å². The Kier molecular flexibility index (Phi) is 12.2. The Balaban J connectivity index is 1.04. The molecule has 0 spiro atoms. The van der Waals surface area contributed by atoms with E-state index in [2.05, 4.69) is 24.2 Å². The minimum Gasteiger partial charge on any atom is -0.480 e. The number of unbranched alkanes of at least 4 members (excludes halogenated alkanes) is 3. The van der Waals surface area contributed by atoms with Crippen molar-refractivity contribution in [2.45, 2.75) is 146 Å². The molecule has 1 amide bonds. The Morgan fingerprint density at radius 2 is 1.78 bits per heavy atom. The predicted octanol–water partition coefficient (Wildman–Crippen LogP) is 3.73. The fourth-order valence-electron chi connectivity index (χ4n) is 10.7. The van der Waals surface area contributed by atoms with E-state index in [4.69, 9.17) is 20.6 Å². The van der Waals surface area contributed by atoms with Crippen molar-refractivity contribution in [2.24, 2.45) is 45.0 Å². The van der Waals surface area contributed by atoms with Gasteiger partial charge in [-0.25, -0.2) is 9.59 Å². The van der Waals surface area contributed by atoms with Crippen LogP contribution in [-0.4, -0.2) is 69.5 Å². The first-order valence-electron chi connectivity index (χ1n) is 18.9. The summed E-state index contributed by atoms with van der Waals surface area (Å²) in [4.78, 5) is 52.0. The van der Waals surface area contributed by atoms with Gasteiger partial charge in [0.1, 0.15) is 12.1 Å². The number of aliphatic hydroxyl groups excluding tert-OH is 1. The number of aliphatic hydroxyl groups is 2. The summed E-state index contributed by atoms with van der Waals surface area (Å²) >= 11 is 0. The second-order valence-electron chi connectivity index (χ2n) is 16.2. The number of carbonyl (C=O) groups excluding carboxylic acids is 2. The van der Waals surface area contributed by atoms with Gasteiger partial charge in [0, 0.05) is 30.9 Å². The van der Waals surface area contributed by atoms with Crippen molar-refractivity contribution in [3.8, 4) is 0 Å². The van der Waals surface area contributed by atoms with Crippen LogP contribution in [0.2, 0.25) is 0 Å². The topological polar surface area (TPSA) is 228 Å². The van der Waals surface area contributed by atoms with E-state index in [1.165, 1.54) is 12.3 Å². The van der Waals surface area contributed by atoms with Gasteiger partial charge >= 0.3 is 17.6 Å². The number of fused-ring (bicyclic) bond motifs is 5. The zero-order valence-electron chi connectivity index (χ0n) is 30.2. The number of nitrogens with zero attached hydrogens (tertiary/aromatic N) is 1. The van der Waals surface area contributed by atoms with E-state index < -0.39 is 34.8 Å². The lowest BCUT2D eigenvalue weighted by molar-refractivity contribution is -0.240. The van der Waals surface area contributed by atoms with Crippen LogP contribution >= 0.6 is 0 Å². The molecule has 51 heavy (non-hydrogen) atoms. The van der Waals surface area contributed by atoms with E-state index >= 15 is 0 Å². The summed E-state index contributed by atoms with van der Waals surface area (Å²) in [5, 5.41) is 36.3. The van der Waals surface area contributed by atoms with E-state index in [0.717, 1.165) is 56.9 Å². The molecule has 0 saturated heterocycles. The molecule has 1 aromatic rings. The van der Waals surface area contributed by atoms with Gasteiger partial charge in [-0.05, 0) is 118 Å². The number of hydrogen-bond acceptors (Lipinski definition) is 9. The number of hydrogen-bond donors (Lipinski definition) is 6. The number of aliphatic carboxylic acids is 1. The SMILES string of the molecule is C[C@]12CC[C@H](OC(=O)CCCCCCC(=O)N[C@@H](CCCN=C(N)N)C(=O)O)C[C@@H]1CC[C@H]1[C@H]2[C@H](O)C[C@]2(C)[C@@H](c3ccc(=O)oc3)CC[C@]12O. The Hall–Kier alpha value is -3.45. The molecule has 5 rings (SSSR count). The maximum absolute atomic E-state index is 12.8. The molecule has 10 atom stereocenters. The van der Waals surface area contributed by atoms with E-state index in [0.29, 0.717) is 51.0 Å². The van der Waals surface area contributed by atoms with Crippen LogP contribution in [0.5, 0.6) is 0 Å². The highest BCUT2D eigenvalue weighted by Gasteiger charge is 2.69. The van der Waals surface area contributed by atoms with Gasteiger partial charge in [-0.3, -0.25) is 14.6 Å². The molecule has 0 unspecified atom stereocenters. The van der Waals surface area contributed by atoms with Gasteiger partial charge in [0.15, 0.2) is 5.96 Å². The molecule has 0 aliphatic heterocycles. The number of carboxylic acid groups (broad SMARTS) is 1. The number of guanidine groups is 1. The second kappa shape index (κ2) is 16.1. The van der Waals surface area contributed by atoms with Crippen LogP contribution in [0.3, 0.4) is 0 Å². The van der Waals surface area contributed by atoms with Gasteiger partial charge in [-0.2, -0.15) is 0 Å². The fraction of sp³-hybridized carbons (Fsp3) is 0.763. The maximum Gasteiger partial charge on any atom is 0.335 e. The standard InChI is InChI=1S/C38H58N4O9/c1-36-17-15-25(51-32(46)10-6-4-3-5-9-30(44)42-28(34(47)48)8-7-19-41-35(39)40)20-24(36)12-13-27-33(36)29(43)21-37(2)26(16-18-38(27,37)49)23-11-14-31(45)50-22-23/h11,14,22,24-29,33,43,49H,3-10,12-13,15-21H2,1-2H3,(H,42,44)(H,47,48)(H4,39,40,41)/t24-,25-,26+,27-,28-,29+,33-,36-,37+,38-/m0/s1. The van der Waals surface area contributed by atoms with Crippen LogP contribution < -0.4 is 22.4 Å². The first-order chi connectivity index (χ1) is 24.2. The van der Waals surface area contributed by atoms with Crippen LogP contribution in [0.25, 0.3) is 0 Å². The molecule has 0 bridgehead atoms. The quantitative estimate of drug-likeness (QED) is 0.0664. The molecule has 4 aliphatic rings. The van der Waals surface area contributed by atoms with Gasteiger partial charge in [0.2, 0.25) is 5.91 Å². The summed E-state index contributed by atoms with van der Waals surface area (Å²) in [6, 6.07) is 2.25. The number of nitrogens with two attached hydrogens (primary N) is 2. The summed E-state index contributed by atoms with van der Waals surface area (Å²) in [6.07, 6.45) is 10.7. The summed E-state index contributed by atoms with van der Waals surface area (Å²) in [7, 11) is 0. The Bertz CT molecular complexity index is 1480. The van der Waals surface area contributed by atoms with E-state index in [9.17, 15) is 34.5 Å². The number of rotatable bonds is 15. The highest BCUT2D eigenvalue weighted by molar-refractivity contribution is 5.83. The summed E-state index contributed by atoms with van der Waals surface area (Å²) in [6.45, 7) is 4.68. The zero-order chi connectivity index (χ0) is 37.0. The molecule has 284 valence electrons. The van der Waals surface area contributed by atoms with Crippen LogP contribution in [-0.2, 0) is 19.1 Å². The molecule has 13 nitrogen and oxygen atoms in total. The molecule has 1 aromatic heterocycles. The number of aliphatic imine (C=N–C) groups is 1. The minimum absolute atomic E-state index is 0.00134. The van der Waals surface area contributed by atoms with Crippen molar-refractivity contribution in [3.63, 3.8) is 0 Å². The molecule has 0 aromatic carbocycles. The second-order valence-corrected chi connectivity index (χ2v) is 16.2. The third kappa shape index (κ3) is 8.29. The lowest BCUT2D eigenvalue weighted by atomic mass is 9.42. The zero-order valence-corrected chi connectivity index (χ0v) is 30.2. The number of ether oxygens (including phenoxy) is 1. The number of nitrogens with one attached hydrogen (secondary N) is 1. The molecule has 13 heteroatoms. The Morgan fingerprint density at radius 1 is 1.04 bits per heavy atom. The smallest absolute Gasteiger partial charge is 0.335 e. The molecule has 4 fully saturated rings. The molecule has 4 saturated carbocycles. The van der Waals surface area contributed by atoms with Crippen LogP contribution in [0.4, 0.5) is 0 Å². The molecule has 4 aliphatic carbocycles. The minimum atomic E-state index is -1.10. The number of amides is 1. The Morgan fingerprint density at radius 3 is 2.47 bits per heavy atom. The number of esters is 1. The molecule has 1 heterocycles. The van der Waals surface area contributed by atoms with E-state index in [-0.39, 0.29) is 60.0 Å². The summed E-state index contributed by atoms with van der Waals surface area (Å²) in [5.74, 6) is -1.46. The molecule has 8 N–H and O–H groups in total. The monoisotopic (exact) mass is 714 g/mol. The van der Waals surface area contributed by atoms with Gasteiger partial charge in [0.25, 0.3) is 0 Å². The highest BCUT2D eigenvalue weighted by atomic mass is 16.5. The van der Waals surface area contributed by atoms with Crippen molar-refractivity contribution in [1.29, 1.82) is 0 Å². The van der Waals surface area contributed by atoms with E-state index in [1.807, 2.05) is 0 Å². The number of carboxylic acids is 1. The molecular formula is C38H58N4O9. The lowest BCUT2D eigenvalue weighted by Gasteiger charge is -2.65. The average molecular weight is 715 g/mol. The van der Waals surface area contributed by atoms with Crippen molar-refractivity contribution in [3.05, 3.63) is 34.4 Å². The Labute approximate surface area is 300 Å². The lowest BCUT2D eigenvalue weighted by Crippen LogP contribution is -2.66. The molecular weight excluding hydrogens is 656 g/mol. The van der Waals surface area contributed by atoms with E-state index in [1.54, 1.807) is 6.07 Å². The van der Waals surface area contributed by atoms with Crippen molar-refractivity contribution in [2.75, 3.05) is 6.54 Å². The van der Waals surface area contributed by atoms with Crippen molar-refractivity contribution < 1.29 is 38.9 Å². The van der Waals surface area contributed by atoms with Crippen LogP contribution in [0.15, 0.2) is 32.6 Å². The number of carbonyl (C=O) groups is 3. The first kappa shape index (κ1) is 38.8. The van der Waals surface area contributed by atoms with Crippen LogP contribution in [0, 0.1) is 28.6 Å². The highest BCUT2D eigenvalue weighted by Crippen LogP contribution is 2.70. The largest absolute Gasteiger partial charge is 0.480 e. The third-order valence-electron chi connectivity index (χ3n) is 13.3. The third-order valence-corrected chi connectivity index (χ3v) is 13.3. The van der Waals surface area contributed by atoms with Crippen LogP contribution in [0.1, 0.15) is 128 Å². The van der Waals surface area contributed by atoms with Gasteiger partial charge in [0.05, 0.1) is 18.0 Å². The van der Waals surface area contributed by atoms with Crippen molar-refractivity contribution in [1.82, 2.24) is 5.32 Å². The van der Waals surface area contributed by atoms with Gasteiger partial charge < -0.3 is 41.3 Å². The van der Waals surface area contributed by atoms with Crippen molar-refractivity contribution >= 4 is 23.8 Å². The fourth-order valence-corrected chi connectivity index (χ4v) is 10.7. The normalized spacial score (nSPS) is 34.7. The van der Waals surface area contributed by atoms with Gasteiger partial charge in [-0.1, -0.05) is 26.7 Å². The molecule has 0 radical (unpaired) electrons. The first-order valence-corrected chi connectivity index (χ1v) is 18.9. The summed E-state index contributed by atoms with van der Waals surface area (Å²) < 4.78 is 11.2. The predicted molar refractivity (Wildman–Crippen MR) is 189 cm³/mol. The maximum atomic E-state index is 12.8. The average Bonchev–Trinajstić information content (AvgIpc) is 3.34.